The summed E-state index contributed by atoms with van der Waals surface area (Å²) in [6.45, 7) is 0.370. The van der Waals surface area contributed by atoms with Crippen LogP contribution in [0.4, 0.5) is 0 Å². The van der Waals surface area contributed by atoms with Crippen LogP contribution in [0.3, 0.4) is 0 Å². The number of hydrogen-bond acceptors (Lipinski definition) is 4. The summed E-state index contributed by atoms with van der Waals surface area (Å²) in [7, 11) is 0. The summed E-state index contributed by atoms with van der Waals surface area (Å²) >= 11 is 8.95. The van der Waals surface area contributed by atoms with Gasteiger partial charge in [0.05, 0.1) is 18.1 Å². The number of nitrogens with one attached hydrogen (secondary N) is 2. The fourth-order valence-corrected chi connectivity index (χ4v) is 2.60. The van der Waals surface area contributed by atoms with Crippen LogP contribution in [0.2, 0.25) is 5.02 Å². The molecule has 2 heterocycles. The molecular weight excluding hydrogens is 396 g/mol. The number of fused-ring (bicyclic) bond motifs is 1. The zero-order chi connectivity index (χ0) is 17.1. The third-order valence-corrected chi connectivity index (χ3v) is 4.06. The minimum atomic E-state index is -0.284. The maximum absolute atomic E-state index is 12.4. The molecule has 0 bridgehead atoms. The van der Waals surface area contributed by atoms with E-state index < -0.39 is 0 Å². The SMILES string of the molecule is O=C(Cc1c[nH]c2cnc(Br)nc2c1=O)NCc1ccc(Cl)cc1. The first-order valence-electron chi connectivity index (χ1n) is 7.07. The molecule has 3 aromatic rings. The maximum atomic E-state index is 12.4. The van der Waals surface area contributed by atoms with Gasteiger partial charge in [0.1, 0.15) is 5.52 Å². The van der Waals surface area contributed by atoms with Crippen LogP contribution in [0.25, 0.3) is 11.0 Å². The van der Waals surface area contributed by atoms with Crippen molar-refractivity contribution in [3.8, 4) is 0 Å². The number of halogens is 2. The number of carbonyl (C=O) groups excluding carboxylic acids is 1. The number of nitrogens with zero attached hydrogens (tertiary/aromatic N) is 2. The fourth-order valence-electron chi connectivity index (χ4n) is 2.19. The van der Waals surface area contributed by atoms with Crippen LogP contribution in [0, 0.1) is 0 Å². The van der Waals surface area contributed by atoms with Gasteiger partial charge in [0.25, 0.3) is 0 Å². The molecule has 0 aliphatic carbocycles. The normalized spacial score (nSPS) is 10.8. The molecule has 1 aromatic carbocycles. The van der Waals surface area contributed by atoms with Gasteiger partial charge in [-0.1, -0.05) is 23.7 Å². The van der Waals surface area contributed by atoms with E-state index >= 15 is 0 Å². The Hall–Kier alpha value is -2.25. The number of amides is 1. The summed E-state index contributed by atoms with van der Waals surface area (Å²) in [6.07, 6.45) is 3.00. The summed E-state index contributed by atoms with van der Waals surface area (Å²) < 4.78 is 0.324. The van der Waals surface area contributed by atoms with Crippen molar-refractivity contribution in [2.24, 2.45) is 0 Å². The minimum Gasteiger partial charge on any atom is -0.358 e. The number of aromatic nitrogens is 3. The average molecular weight is 408 g/mol. The van der Waals surface area contributed by atoms with Crippen molar-refractivity contribution in [2.45, 2.75) is 13.0 Å². The molecule has 122 valence electrons. The smallest absolute Gasteiger partial charge is 0.224 e. The molecular formula is C16H12BrClN4O2. The van der Waals surface area contributed by atoms with Crippen LogP contribution in [-0.4, -0.2) is 20.9 Å². The van der Waals surface area contributed by atoms with E-state index in [0.29, 0.717) is 27.4 Å². The summed E-state index contributed by atoms with van der Waals surface area (Å²) in [5, 5.41) is 3.42. The van der Waals surface area contributed by atoms with Gasteiger partial charge >= 0.3 is 0 Å². The molecule has 8 heteroatoms. The highest BCUT2D eigenvalue weighted by Crippen LogP contribution is 2.10. The van der Waals surface area contributed by atoms with E-state index in [2.05, 4.69) is 36.2 Å². The first kappa shape index (κ1) is 16.6. The molecule has 1 amide bonds. The van der Waals surface area contributed by atoms with E-state index in [1.807, 2.05) is 12.1 Å². The molecule has 0 atom stereocenters. The second kappa shape index (κ2) is 7.11. The average Bonchev–Trinajstić information content (AvgIpc) is 2.57. The van der Waals surface area contributed by atoms with Gasteiger partial charge in [0, 0.05) is 23.3 Å². The number of pyridine rings is 1. The maximum Gasteiger partial charge on any atom is 0.224 e. The van der Waals surface area contributed by atoms with E-state index in [9.17, 15) is 9.59 Å². The lowest BCUT2D eigenvalue weighted by molar-refractivity contribution is -0.120. The number of H-pyrrole nitrogens is 1. The van der Waals surface area contributed by atoms with Gasteiger partial charge in [-0.15, -0.1) is 0 Å². The molecule has 0 unspecified atom stereocenters. The second-order valence-electron chi connectivity index (χ2n) is 5.12. The lowest BCUT2D eigenvalue weighted by Crippen LogP contribution is -2.27. The first-order chi connectivity index (χ1) is 11.5. The molecule has 3 rings (SSSR count). The molecule has 6 nitrogen and oxygen atoms in total. The van der Waals surface area contributed by atoms with Gasteiger partial charge in [-0.2, -0.15) is 0 Å². The highest BCUT2D eigenvalue weighted by atomic mass is 79.9. The molecule has 0 saturated heterocycles. The van der Waals surface area contributed by atoms with Gasteiger partial charge in [-0.3, -0.25) is 9.59 Å². The fraction of sp³-hybridized carbons (Fsp3) is 0.125. The van der Waals surface area contributed by atoms with Gasteiger partial charge in [-0.05, 0) is 33.6 Å². The van der Waals surface area contributed by atoms with Crippen molar-refractivity contribution >= 4 is 44.5 Å². The highest BCUT2D eigenvalue weighted by molar-refractivity contribution is 9.10. The van der Waals surface area contributed by atoms with Gasteiger partial charge in [0.15, 0.2) is 4.73 Å². The second-order valence-corrected chi connectivity index (χ2v) is 6.27. The van der Waals surface area contributed by atoms with Crippen LogP contribution in [0.15, 0.2) is 46.2 Å². The van der Waals surface area contributed by atoms with Crippen molar-refractivity contribution in [3.63, 3.8) is 0 Å². The molecule has 0 fully saturated rings. The Morgan fingerprint density at radius 3 is 2.79 bits per heavy atom. The van der Waals surface area contributed by atoms with Gasteiger partial charge in [-0.25, -0.2) is 9.97 Å². The predicted octanol–water partition coefficient (Wildman–Crippen LogP) is 2.59. The van der Waals surface area contributed by atoms with E-state index in [4.69, 9.17) is 11.6 Å². The number of rotatable bonds is 4. The number of aromatic amines is 1. The van der Waals surface area contributed by atoms with Crippen molar-refractivity contribution < 1.29 is 4.79 Å². The molecule has 0 aliphatic heterocycles. The van der Waals surface area contributed by atoms with E-state index in [1.165, 1.54) is 12.4 Å². The molecule has 2 aromatic heterocycles. The molecule has 0 saturated carbocycles. The largest absolute Gasteiger partial charge is 0.358 e. The summed E-state index contributed by atoms with van der Waals surface area (Å²) in [5.41, 5.74) is 1.76. The molecule has 0 radical (unpaired) electrons. The Balaban J connectivity index is 1.72. The zero-order valence-corrected chi connectivity index (χ0v) is 14.7. The van der Waals surface area contributed by atoms with Crippen LogP contribution < -0.4 is 10.7 Å². The monoisotopic (exact) mass is 406 g/mol. The molecule has 24 heavy (non-hydrogen) atoms. The van der Waals surface area contributed by atoms with Crippen molar-refractivity contribution in [2.75, 3.05) is 0 Å². The lowest BCUT2D eigenvalue weighted by atomic mass is 10.1. The standard InChI is InChI=1S/C16H12BrClN4O2/c17-16-21-8-12-14(22-16)15(24)10(7-19-12)5-13(23)20-6-9-1-3-11(18)4-2-9/h1-4,7-8H,5-6H2,(H,19,24)(H,20,23). The quantitative estimate of drug-likeness (QED) is 0.651. The van der Waals surface area contributed by atoms with Crippen LogP contribution in [0.1, 0.15) is 11.1 Å². The Labute approximate surface area is 150 Å². The Morgan fingerprint density at radius 1 is 1.29 bits per heavy atom. The Bertz CT molecular complexity index is 956. The summed E-state index contributed by atoms with van der Waals surface area (Å²) in [5.74, 6) is -0.247. The van der Waals surface area contributed by atoms with E-state index in [0.717, 1.165) is 5.56 Å². The third-order valence-electron chi connectivity index (χ3n) is 3.42. The molecule has 0 spiro atoms. The van der Waals surface area contributed by atoms with E-state index in [-0.39, 0.29) is 23.3 Å². The van der Waals surface area contributed by atoms with Crippen molar-refractivity contribution in [1.29, 1.82) is 0 Å². The summed E-state index contributed by atoms with van der Waals surface area (Å²) in [6, 6.07) is 7.18. The highest BCUT2D eigenvalue weighted by Gasteiger charge is 2.11. The predicted molar refractivity (Wildman–Crippen MR) is 94.9 cm³/mol. The molecule has 2 N–H and O–H groups in total. The van der Waals surface area contributed by atoms with Crippen LogP contribution >= 0.6 is 27.5 Å². The Kier molecular flexibility index (Phi) is 4.92. The first-order valence-corrected chi connectivity index (χ1v) is 8.24. The number of carbonyl (C=O) groups is 1. The van der Waals surface area contributed by atoms with Crippen LogP contribution in [-0.2, 0) is 17.8 Å². The lowest BCUT2D eigenvalue weighted by Gasteiger charge is -2.06. The molecule has 0 aliphatic rings. The van der Waals surface area contributed by atoms with Gasteiger partial charge in [0.2, 0.25) is 11.3 Å². The summed E-state index contributed by atoms with van der Waals surface area (Å²) in [4.78, 5) is 35.4. The topological polar surface area (TPSA) is 87.7 Å². The number of benzene rings is 1. The van der Waals surface area contributed by atoms with Crippen LogP contribution in [0.5, 0.6) is 0 Å². The van der Waals surface area contributed by atoms with Crippen molar-refractivity contribution in [3.05, 3.63) is 67.8 Å². The zero-order valence-electron chi connectivity index (χ0n) is 12.3. The minimum absolute atomic E-state index is 0.0273. The van der Waals surface area contributed by atoms with Gasteiger partial charge < -0.3 is 10.3 Å². The van der Waals surface area contributed by atoms with E-state index in [1.54, 1.807) is 12.1 Å². The third kappa shape index (κ3) is 3.80. The number of hydrogen-bond donors (Lipinski definition) is 2. The van der Waals surface area contributed by atoms with Crippen molar-refractivity contribution in [1.82, 2.24) is 20.3 Å². The Morgan fingerprint density at radius 2 is 2.04 bits per heavy atom.